The second-order valence-corrected chi connectivity index (χ2v) is 6.23. The van der Waals surface area contributed by atoms with Crippen LogP contribution in [0.5, 0.6) is 5.75 Å². The number of para-hydroxylation sites is 1. The van der Waals surface area contributed by atoms with Crippen molar-refractivity contribution in [2.45, 2.75) is 0 Å². The highest BCUT2D eigenvalue weighted by Gasteiger charge is 2.13. The lowest BCUT2D eigenvalue weighted by atomic mass is 10.2. The standard InChI is InChI=1S/C19H14N2O3S/c1-23-14-7-4-6-13(9-14)18(22)21-19-20-15(11-25-19)17-10-12-5-2-3-8-16(12)24-17/h2-11H,1H3,(H,20,21,22). The number of hydrogen-bond acceptors (Lipinski definition) is 5. The number of thiazole rings is 1. The van der Waals surface area contributed by atoms with Crippen LogP contribution in [0.4, 0.5) is 5.13 Å². The molecule has 4 rings (SSSR count). The van der Waals surface area contributed by atoms with Gasteiger partial charge in [-0.1, -0.05) is 24.3 Å². The van der Waals surface area contributed by atoms with E-state index >= 15 is 0 Å². The van der Waals surface area contributed by atoms with Gasteiger partial charge in [-0.2, -0.15) is 0 Å². The average molecular weight is 350 g/mol. The maximum atomic E-state index is 12.3. The molecule has 0 bridgehead atoms. The van der Waals surface area contributed by atoms with Gasteiger partial charge in [0, 0.05) is 16.3 Å². The Morgan fingerprint density at radius 1 is 1.16 bits per heavy atom. The van der Waals surface area contributed by atoms with E-state index in [1.54, 1.807) is 31.4 Å². The molecule has 0 atom stereocenters. The molecule has 0 aliphatic rings. The average Bonchev–Trinajstić information content (AvgIpc) is 3.28. The molecule has 0 radical (unpaired) electrons. The molecule has 0 saturated heterocycles. The van der Waals surface area contributed by atoms with E-state index in [-0.39, 0.29) is 5.91 Å². The van der Waals surface area contributed by atoms with Crippen LogP contribution in [0.15, 0.2) is 64.4 Å². The summed E-state index contributed by atoms with van der Waals surface area (Å²) >= 11 is 1.35. The summed E-state index contributed by atoms with van der Waals surface area (Å²) in [6.07, 6.45) is 0. The van der Waals surface area contributed by atoms with Gasteiger partial charge in [0.15, 0.2) is 10.9 Å². The van der Waals surface area contributed by atoms with Gasteiger partial charge in [0.25, 0.3) is 5.91 Å². The molecule has 0 fully saturated rings. The van der Waals surface area contributed by atoms with Crippen molar-refractivity contribution in [1.82, 2.24) is 4.98 Å². The highest BCUT2D eigenvalue weighted by molar-refractivity contribution is 7.14. The Morgan fingerprint density at radius 2 is 2.04 bits per heavy atom. The molecule has 5 nitrogen and oxygen atoms in total. The summed E-state index contributed by atoms with van der Waals surface area (Å²) in [7, 11) is 1.57. The van der Waals surface area contributed by atoms with E-state index < -0.39 is 0 Å². The van der Waals surface area contributed by atoms with E-state index in [2.05, 4.69) is 10.3 Å². The minimum Gasteiger partial charge on any atom is -0.497 e. The number of benzene rings is 2. The molecule has 0 aliphatic heterocycles. The molecular formula is C19H14N2O3S. The fraction of sp³-hybridized carbons (Fsp3) is 0.0526. The number of fused-ring (bicyclic) bond motifs is 1. The van der Waals surface area contributed by atoms with E-state index in [0.717, 1.165) is 11.0 Å². The highest BCUT2D eigenvalue weighted by Crippen LogP contribution is 2.30. The van der Waals surface area contributed by atoms with Crippen LogP contribution in [0, 0.1) is 0 Å². The summed E-state index contributed by atoms with van der Waals surface area (Å²) in [4.78, 5) is 16.8. The van der Waals surface area contributed by atoms with Crippen molar-refractivity contribution >= 4 is 33.3 Å². The van der Waals surface area contributed by atoms with Crippen molar-refractivity contribution in [3.8, 4) is 17.2 Å². The van der Waals surface area contributed by atoms with Crippen molar-refractivity contribution in [3.63, 3.8) is 0 Å². The van der Waals surface area contributed by atoms with Crippen molar-refractivity contribution < 1.29 is 13.9 Å². The summed E-state index contributed by atoms with van der Waals surface area (Å²) < 4.78 is 10.9. The molecule has 6 heteroatoms. The van der Waals surface area contributed by atoms with Gasteiger partial charge in [-0.05, 0) is 30.3 Å². The maximum absolute atomic E-state index is 12.3. The molecule has 4 aromatic rings. The number of carbonyl (C=O) groups excluding carboxylic acids is 1. The van der Waals surface area contributed by atoms with Crippen LogP contribution in [-0.2, 0) is 0 Å². The van der Waals surface area contributed by atoms with Gasteiger partial charge in [0.2, 0.25) is 0 Å². The molecule has 0 saturated carbocycles. The van der Waals surface area contributed by atoms with E-state index in [9.17, 15) is 4.79 Å². The molecule has 0 unspecified atom stereocenters. The number of nitrogens with one attached hydrogen (secondary N) is 1. The SMILES string of the molecule is COc1cccc(C(=O)Nc2nc(-c3cc4ccccc4o3)cs2)c1. The van der Waals surface area contributed by atoms with Gasteiger partial charge >= 0.3 is 0 Å². The van der Waals surface area contributed by atoms with Crippen LogP contribution < -0.4 is 10.1 Å². The van der Waals surface area contributed by atoms with Crippen molar-refractivity contribution in [3.05, 3.63) is 65.5 Å². The number of carbonyl (C=O) groups is 1. The van der Waals surface area contributed by atoms with Gasteiger partial charge in [-0.25, -0.2) is 4.98 Å². The third-order valence-electron chi connectivity index (χ3n) is 3.73. The summed E-state index contributed by atoms with van der Waals surface area (Å²) in [5.74, 6) is 1.08. The second-order valence-electron chi connectivity index (χ2n) is 5.37. The van der Waals surface area contributed by atoms with E-state index in [4.69, 9.17) is 9.15 Å². The topological polar surface area (TPSA) is 64.4 Å². The first-order valence-electron chi connectivity index (χ1n) is 7.63. The Hall–Kier alpha value is -3.12. The smallest absolute Gasteiger partial charge is 0.257 e. The lowest BCUT2D eigenvalue weighted by molar-refractivity contribution is 0.102. The number of furan rings is 1. The Bertz CT molecular complexity index is 1020. The fourth-order valence-corrected chi connectivity index (χ4v) is 3.18. The number of rotatable bonds is 4. The number of anilines is 1. The first-order chi connectivity index (χ1) is 12.2. The van der Waals surface area contributed by atoms with Crippen molar-refractivity contribution in [1.29, 1.82) is 0 Å². The molecule has 2 aromatic heterocycles. The normalized spacial score (nSPS) is 10.8. The Balaban J connectivity index is 1.55. The number of amides is 1. The number of aromatic nitrogens is 1. The minimum absolute atomic E-state index is 0.232. The third kappa shape index (κ3) is 3.12. The van der Waals surface area contributed by atoms with Gasteiger partial charge in [0.1, 0.15) is 17.0 Å². The molecule has 0 spiro atoms. The van der Waals surface area contributed by atoms with Crippen LogP contribution in [0.1, 0.15) is 10.4 Å². The first kappa shape index (κ1) is 15.4. The predicted octanol–water partition coefficient (Wildman–Crippen LogP) is 4.82. The molecule has 1 N–H and O–H groups in total. The number of methoxy groups -OCH3 is 1. The van der Waals surface area contributed by atoms with Crippen LogP contribution in [0.2, 0.25) is 0 Å². The van der Waals surface area contributed by atoms with E-state index in [1.807, 2.05) is 35.7 Å². The second kappa shape index (κ2) is 6.41. The van der Waals surface area contributed by atoms with Gasteiger partial charge in [-0.15, -0.1) is 11.3 Å². The van der Waals surface area contributed by atoms with Crippen LogP contribution in [0.25, 0.3) is 22.4 Å². The van der Waals surface area contributed by atoms with E-state index in [0.29, 0.717) is 27.9 Å². The Kier molecular flexibility index (Phi) is 3.95. The Morgan fingerprint density at radius 3 is 2.88 bits per heavy atom. The zero-order chi connectivity index (χ0) is 17.2. The van der Waals surface area contributed by atoms with E-state index in [1.165, 1.54) is 11.3 Å². The maximum Gasteiger partial charge on any atom is 0.257 e. The summed E-state index contributed by atoms with van der Waals surface area (Å²) in [6, 6.07) is 16.7. The van der Waals surface area contributed by atoms with Crippen LogP contribution in [0.3, 0.4) is 0 Å². The fourth-order valence-electron chi connectivity index (χ4n) is 2.49. The lowest BCUT2D eigenvalue weighted by Crippen LogP contribution is -2.11. The van der Waals surface area contributed by atoms with Gasteiger partial charge < -0.3 is 9.15 Å². The molecule has 1 amide bonds. The molecule has 2 heterocycles. The molecular weight excluding hydrogens is 336 g/mol. The zero-order valence-electron chi connectivity index (χ0n) is 13.4. The Labute approximate surface area is 147 Å². The number of hydrogen-bond donors (Lipinski definition) is 1. The predicted molar refractivity (Wildman–Crippen MR) is 98.3 cm³/mol. The largest absolute Gasteiger partial charge is 0.497 e. The number of ether oxygens (including phenoxy) is 1. The van der Waals surface area contributed by atoms with Crippen LogP contribution in [-0.4, -0.2) is 18.0 Å². The van der Waals surface area contributed by atoms with Gasteiger partial charge in [-0.3, -0.25) is 10.1 Å². The monoisotopic (exact) mass is 350 g/mol. The molecule has 124 valence electrons. The lowest BCUT2D eigenvalue weighted by Gasteiger charge is -2.04. The first-order valence-corrected chi connectivity index (χ1v) is 8.51. The van der Waals surface area contributed by atoms with Crippen molar-refractivity contribution in [2.24, 2.45) is 0 Å². The van der Waals surface area contributed by atoms with Crippen LogP contribution >= 0.6 is 11.3 Å². The zero-order valence-corrected chi connectivity index (χ0v) is 14.2. The third-order valence-corrected chi connectivity index (χ3v) is 4.49. The van der Waals surface area contributed by atoms with Gasteiger partial charge in [0.05, 0.1) is 7.11 Å². The summed E-state index contributed by atoms with van der Waals surface area (Å²) in [5, 5.41) is 6.20. The quantitative estimate of drug-likeness (QED) is 0.573. The summed E-state index contributed by atoms with van der Waals surface area (Å²) in [5.41, 5.74) is 2.02. The number of nitrogens with zero attached hydrogens (tertiary/aromatic N) is 1. The minimum atomic E-state index is -0.232. The molecule has 25 heavy (non-hydrogen) atoms. The van der Waals surface area contributed by atoms with Crippen molar-refractivity contribution in [2.75, 3.05) is 12.4 Å². The highest BCUT2D eigenvalue weighted by atomic mass is 32.1. The summed E-state index contributed by atoms with van der Waals surface area (Å²) in [6.45, 7) is 0. The molecule has 2 aromatic carbocycles. The molecule has 0 aliphatic carbocycles.